The lowest BCUT2D eigenvalue weighted by Gasteiger charge is -2.24. The summed E-state index contributed by atoms with van der Waals surface area (Å²) in [6.45, 7) is 0.738. The van der Waals surface area contributed by atoms with Gasteiger partial charge in [-0.1, -0.05) is 42.0 Å². The summed E-state index contributed by atoms with van der Waals surface area (Å²) >= 11 is 0. The second-order valence-corrected chi connectivity index (χ2v) is 5.93. The number of hydrogen-bond acceptors (Lipinski definition) is 2. The van der Waals surface area contributed by atoms with Gasteiger partial charge in [0, 0.05) is 6.54 Å². The molecule has 1 atom stereocenters. The Morgan fingerprint density at radius 1 is 1.24 bits per heavy atom. The van der Waals surface area contributed by atoms with Crippen LogP contribution >= 0.6 is 0 Å². The van der Waals surface area contributed by atoms with Gasteiger partial charge in [-0.2, -0.15) is 0 Å². The van der Waals surface area contributed by atoms with Crippen LogP contribution in [0.1, 0.15) is 43.7 Å². The molecule has 0 bridgehead atoms. The van der Waals surface area contributed by atoms with Gasteiger partial charge in [-0.25, -0.2) is 0 Å². The molecule has 3 nitrogen and oxygen atoms in total. The number of allylic oxidation sites excluding steroid dienone is 1. The Labute approximate surface area is 128 Å². The summed E-state index contributed by atoms with van der Waals surface area (Å²) in [4.78, 5) is 14.4. The van der Waals surface area contributed by atoms with Crippen LogP contribution in [0.4, 0.5) is 0 Å². The second-order valence-electron chi connectivity index (χ2n) is 5.93. The highest BCUT2D eigenvalue weighted by Gasteiger charge is 2.22. The minimum Gasteiger partial charge on any atom is -0.354 e. The summed E-state index contributed by atoms with van der Waals surface area (Å²) in [7, 11) is 3.89. The first-order chi connectivity index (χ1) is 10.2. The van der Waals surface area contributed by atoms with Gasteiger partial charge in [0.2, 0.25) is 5.91 Å². The summed E-state index contributed by atoms with van der Waals surface area (Å²) in [5.41, 5.74) is 2.54. The van der Waals surface area contributed by atoms with Gasteiger partial charge in [0.25, 0.3) is 0 Å². The SMILES string of the molecule is CN(C)C(C(=O)NCCC1=CCCCC1)c1ccccc1. The molecule has 0 heterocycles. The van der Waals surface area contributed by atoms with Gasteiger partial charge in [-0.05, 0) is 51.8 Å². The molecule has 1 unspecified atom stereocenters. The molecule has 1 aliphatic carbocycles. The van der Waals surface area contributed by atoms with E-state index in [-0.39, 0.29) is 11.9 Å². The largest absolute Gasteiger partial charge is 0.354 e. The predicted molar refractivity (Wildman–Crippen MR) is 87.0 cm³/mol. The fourth-order valence-corrected chi connectivity index (χ4v) is 2.89. The lowest BCUT2D eigenvalue weighted by molar-refractivity contribution is -0.125. The molecule has 0 spiro atoms. The zero-order chi connectivity index (χ0) is 15.1. The quantitative estimate of drug-likeness (QED) is 0.814. The molecule has 0 aromatic heterocycles. The number of nitrogens with zero attached hydrogens (tertiary/aromatic N) is 1. The highest BCUT2D eigenvalue weighted by atomic mass is 16.2. The molecule has 3 heteroatoms. The minimum atomic E-state index is -0.216. The van der Waals surface area contributed by atoms with E-state index < -0.39 is 0 Å². The van der Waals surface area contributed by atoms with Crippen LogP contribution < -0.4 is 5.32 Å². The molecule has 0 saturated heterocycles. The molecule has 1 aromatic rings. The van der Waals surface area contributed by atoms with Crippen molar-refractivity contribution >= 4 is 5.91 Å². The monoisotopic (exact) mass is 286 g/mol. The number of hydrogen-bond donors (Lipinski definition) is 1. The topological polar surface area (TPSA) is 32.3 Å². The van der Waals surface area contributed by atoms with E-state index in [1.165, 1.54) is 31.3 Å². The molecule has 1 aromatic carbocycles. The fourth-order valence-electron chi connectivity index (χ4n) is 2.89. The van der Waals surface area contributed by atoms with Gasteiger partial charge >= 0.3 is 0 Å². The van der Waals surface area contributed by atoms with E-state index in [9.17, 15) is 4.79 Å². The van der Waals surface area contributed by atoms with E-state index in [2.05, 4.69) is 11.4 Å². The average molecular weight is 286 g/mol. The third-order valence-corrected chi connectivity index (χ3v) is 4.01. The van der Waals surface area contributed by atoms with Gasteiger partial charge < -0.3 is 5.32 Å². The molecule has 21 heavy (non-hydrogen) atoms. The molecule has 1 N–H and O–H groups in total. The lowest BCUT2D eigenvalue weighted by atomic mass is 9.97. The van der Waals surface area contributed by atoms with Gasteiger partial charge in [0.05, 0.1) is 0 Å². The maximum absolute atomic E-state index is 12.5. The molecule has 1 amide bonds. The summed E-state index contributed by atoms with van der Waals surface area (Å²) < 4.78 is 0. The Kier molecular flexibility index (Phi) is 6.00. The molecule has 0 saturated carbocycles. The number of benzene rings is 1. The van der Waals surface area contributed by atoms with Crippen molar-refractivity contribution in [3.05, 3.63) is 47.5 Å². The first-order valence-electron chi connectivity index (χ1n) is 7.85. The van der Waals surface area contributed by atoms with E-state index in [4.69, 9.17) is 0 Å². The smallest absolute Gasteiger partial charge is 0.241 e. The van der Waals surface area contributed by atoms with Crippen molar-refractivity contribution in [2.75, 3.05) is 20.6 Å². The Morgan fingerprint density at radius 3 is 2.62 bits per heavy atom. The number of carbonyl (C=O) groups excluding carboxylic acids is 1. The van der Waals surface area contributed by atoms with E-state index >= 15 is 0 Å². The Bertz CT molecular complexity index is 479. The van der Waals surface area contributed by atoms with E-state index in [1.807, 2.05) is 49.3 Å². The highest BCUT2D eigenvalue weighted by Crippen LogP contribution is 2.20. The van der Waals surface area contributed by atoms with E-state index in [1.54, 1.807) is 0 Å². The Balaban J connectivity index is 1.89. The van der Waals surface area contributed by atoms with Crippen molar-refractivity contribution in [3.8, 4) is 0 Å². The molecule has 1 aliphatic rings. The third kappa shape index (κ3) is 4.71. The number of nitrogens with one attached hydrogen (secondary N) is 1. The second kappa shape index (κ2) is 7.99. The van der Waals surface area contributed by atoms with Crippen LogP contribution in [0.5, 0.6) is 0 Å². The molecule has 0 aliphatic heterocycles. The van der Waals surface area contributed by atoms with Crippen LogP contribution in [-0.2, 0) is 4.79 Å². The van der Waals surface area contributed by atoms with Crippen molar-refractivity contribution in [2.45, 2.75) is 38.1 Å². The third-order valence-electron chi connectivity index (χ3n) is 4.01. The number of amides is 1. The summed E-state index contributed by atoms with van der Waals surface area (Å²) in [5.74, 6) is 0.0857. The molecule has 2 rings (SSSR count). The molecular formula is C18H26N2O. The van der Waals surface area contributed by atoms with Crippen molar-refractivity contribution in [1.29, 1.82) is 0 Å². The fraction of sp³-hybridized carbons (Fsp3) is 0.500. The van der Waals surface area contributed by atoms with Gasteiger partial charge in [-0.15, -0.1) is 0 Å². The minimum absolute atomic E-state index is 0.0857. The maximum atomic E-state index is 12.5. The molecule has 114 valence electrons. The average Bonchev–Trinajstić information content (AvgIpc) is 2.49. The zero-order valence-electron chi connectivity index (χ0n) is 13.1. The maximum Gasteiger partial charge on any atom is 0.241 e. The van der Waals surface area contributed by atoms with Crippen LogP contribution in [0, 0.1) is 0 Å². The standard InChI is InChI=1S/C18H26N2O/c1-20(2)17(16-11-7-4-8-12-16)18(21)19-14-13-15-9-5-3-6-10-15/h4,7-9,11-12,17H,3,5-6,10,13-14H2,1-2H3,(H,19,21). The Morgan fingerprint density at radius 2 is 2.00 bits per heavy atom. The van der Waals surface area contributed by atoms with Gasteiger partial charge in [0.15, 0.2) is 0 Å². The summed E-state index contributed by atoms with van der Waals surface area (Å²) in [6, 6.07) is 9.73. The van der Waals surface area contributed by atoms with Crippen LogP contribution in [-0.4, -0.2) is 31.4 Å². The number of rotatable bonds is 6. The zero-order valence-corrected chi connectivity index (χ0v) is 13.1. The van der Waals surface area contributed by atoms with Crippen LogP contribution in [0.3, 0.4) is 0 Å². The number of carbonyl (C=O) groups is 1. The van der Waals surface area contributed by atoms with Crippen molar-refractivity contribution < 1.29 is 4.79 Å². The predicted octanol–water partition coefficient (Wildman–Crippen LogP) is 3.30. The van der Waals surface area contributed by atoms with Crippen LogP contribution in [0.2, 0.25) is 0 Å². The molecular weight excluding hydrogens is 260 g/mol. The van der Waals surface area contributed by atoms with Gasteiger partial charge in [-0.3, -0.25) is 9.69 Å². The first-order valence-corrected chi connectivity index (χ1v) is 7.85. The first kappa shape index (κ1) is 15.8. The molecule has 0 fully saturated rings. The van der Waals surface area contributed by atoms with E-state index in [0.29, 0.717) is 0 Å². The van der Waals surface area contributed by atoms with Crippen molar-refractivity contribution in [2.24, 2.45) is 0 Å². The van der Waals surface area contributed by atoms with Gasteiger partial charge in [0.1, 0.15) is 6.04 Å². The Hall–Kier alpha value is -1.61. The van der Waals surface area contributed by atoms with Crippen molar-refractivity contribution in [1.82, 2.24) is 10.2 Å². The normalized spacial score (nSPS) is 16.4. The molecule has 0 radical (unpaired) electrons. The lowest BCUT2D eigenvalue weighted by Crippen LogP contribution is -2.37. The summed E-state index contributed by atoms with van der Waals surface area (Å²) in [6.07, 6.45) is 8.34. The van der Waals surface area contributed by atoms with E-state index in [0.717, 1.165) is 18.5 Å². The van der Waals surface area contributed by atoms with Crippen LogP contribution in [0.15, 0.2) is 42.0 Å². The highest BCUT2D eigenvalue weighted by molar-refractivity contribution is 5.83. The number of likely N-dealkylation sites (N-methyl/N-ethyl adjacent to an activating group) is 1. The van der Waals surface area contributed by atoms with Crippen LogP contribution in [0.25, 0.3) is 0 Å². The summed E-state index contributed by atoms with van der Waals surface area (Å²) in [5, 5.41) is 3.09. The van der Waals surface area contributed by atoms with Crippen molar-refractivity contribution in [3.63, 3.8) is 0 Å².